The number of rotatable bonds is 1. The van der Waals surface area contributed by atoms with Crippen LogP contribution in [0.1, 0.15) is 26.3 Å². The molecule has 1 aromatic rings. The Morgan fingerprint density at radius 1 is 1.47 bits per heavy atom. The fraction of sp³-hybridized carbons (Fsp3) is 0.455. The van der Waals surface area contributed by atoms with Crippen molar-refractivity contribution in [2.75, 3.05) is 5.32 Å². The van der Waals surface area contributed by atoms with Crippen LogP contribution in [-0.4, -0.2) is 24.5 Å². The maximum Gasteiger partial charge on any atom is 0.412 e. The number of carbonyl (C=O) groups excluding carboxylic acids is 1. The van der Waals surface area contributed by atoms with Crippen LogP contribution in [0.5, 0.6) is 0 Å². The van der Waals surface area contributed by atoms with Gasteiger partial charge < -0.3 is 9.72 Å². The number of hydrogen-bond acceptors (Lipinski definition) is 3. The number of H-pyrrole nitrogens is 1. The highest BCUT2D eigenvalue weighted by atomic mass is 16.6. The molecule has 2 N–H and O–H groups in total. The first kappa shape index (κ1) is 13.4. The van der Waals surface area contributed by atoms with Crippen molar-refractivity contribution in [2.45, 2.75) is 33.3 Å². The van der Waals surface area contributed by atoms with Gasteiger partial charge in [0, 0.05) is 0 Å². The van der Waals surface area contributed by atoms with Gasteiger partial charge in [-0.25, -0.2) is 4.79 Å². The summed E-state index contributed by atoms with van der Waals surface area (Å²) in [7, 11) is 5.63. The smallest absolute Gasteiger partial charge is 0.412 e. The Bertz CT molecular complexity index is 488. The second-order valence-electron chi connectivity index (χ2n) is 4.70. The van der Waals surface area contributed by atoms with E-state index in [1.165, 1.54) is 6.20 Å². The third kappa shape index (κ3) is 3.66. The number of pyridine rings is 1. The fourth-order valence-electron chi connectivity index (χ4n) is 1.19. The normalized spacial score (nSPS) is 11.1. The molecule has 0 aliphatic heterocycles. The molecule has 0 spiro atoms. The highest BCUT2D eigenvalue weighted by Crippen LogP contribution is 2.10. The van der Waals surface area contributed by atoms with E-state index < -0.39 is 17.3 Å². The topological polar surface area (TPSA) is 71.2 Å². The van der Waals surface area contributed by atoms with Crippen molar-refractivity contribution in [2.24, 2.45) is 0 Å². The zero-order chi connectivity index (χ0) is 13.2. The van der Waals surface area contributed by atoms with Gasteiger partial charge in [0.25, 0.3) is 5.56 Å². The van der Waals surface area contributed by atoms with Crippen molar-refractivity contribution in [3.8, 4) is 0 Å². The Kier molecular flexibility index (Phi) is 3.65. The number of aromatic nitrogens is 1. The molecule has 0 aliphatic carbocycles. The summed E-state index contributed by atoms with van der Waals surface area (Å²) < 4.78 is 5.05. The van der Waals surface area contributed by atoms with Gasteiger partial charge in [0.05, 0.1) is 0 Å². The van der Waals surface area contributed by atoms with Crippen molar-refractivity contribution < 1.29 is 9.53 Å². The molecule has 1 amide bonds. The zero-order valence-corrected chi connectivity index (χ0v) is 10.4. The second kappa shape index (κ2) is 4.65. The predicted molar refractivity (Wildman–Crippen MR) is 67.0 cm³/mol. The number of nitrogens with one attached hydrogen (secondary N) is 2. The molecule has 0 saturated heterocycles. The summed E-state index contributed by atoms with van der Waals surface area (Å²) in [6.45, 7) is 6.87. The van der Waals surface area contributed by atoms with Gasteiger partial charge in [-0.05, 0) is 39.5 Å². The summed E-state index contributed by atoms with van der Waals surface area (Å²) in [5.41, 5.74) is -0.0116. The largest absolute Gasteiger partial charge is 0.444 e. The third-order valence-electron chi connectivity index (χ3n) is 2.02. The van der Waals surface area contributed by atoms with Gasteiger partial charge in [0.2, 0.25) is 0 Å². The summed E-state index contributed by atoms with van der Waals surface area (Å²) >= 11 is 0. The van der Waals surface area contributed by atoms with E-state index in [0.29, 0.717) is 11.0 Å². The van der Waals surface area contributed by atoms with Crippen molar-refractivity contribution in [1.82, 2.24) is 4.98 Å². The van der Waals surface area contributed by atoms with E-state index >= 15 is 0 Å². The molecule has 0 bridgehead atoms. The molecule has 17 heavy (non-hydrogen) atoms. The number of ether oxygens (including phenoxy) is 1. The monoisotopic (exact) mass is 234 g/mol. The lowest BCUT2D eigenvalue weighted by atomic mass is 9.93. The Morgan fingerprint density at radius 3 is 2.59 bits per heavy atom. The van der Waals surface area contributed by atoms with E-state index in [9.17, 15) is 9.59 Å². The molecule has 0 aromatic carbocycles. The van der Waals surface area contributed by atoms with Gasteiger partial charge in [-0.15, -0.1) is 0 Å². The number of amides is 1. The van der Waals surface area contributed by atoms with Gasteiger partial charge in [-0.3, -0.25) is 10.1 Å². The predicted octanol–water partition coefficient (Wildman–Crippen LogP) is 0.824. The number of aromatic amines is 1. The minimum atomic E-state index is -0.684. The number of anilines is 1. The van der Waals surface area contributed by atoms with Crippen LogP contribution in [0.3, 0.4) is 0 Å². The first-order valence-corrected chi connectivity index (χ1v) is 5.18. The van der Waals surface area contributed by atoms with Crippen molar-refractivity contribution in [3.63, 3.8) is 0 Å². The van der Waals surface area contributed by atoms with Crippen LogP contribution in [0.2, 0.25) is 0 Å². The Labute approximate surface area is 101 Å². The SMILES string of the molecule is [B]c1c[nH]c(=O)c(NC(=O)OC(C)(C)C)c1C. The number of hydrogen-bond donors (Lipinski definition) is 2. The van der Waals surface area contributed by atoms with Crippen molar-refractivity contribution in [1.29, 1.82) is 0 Å². The van der Waals surface area contributed by atoms with Crippen molar-refractivity contribution >= 4 is 25.1 Å². The summed E-state index contributed by atoms with van der Waals surface area (Å²) in [6.07, 6.45) is 0.703. The molecule has 6 heteroatoms. The van der Waals surface area contributed by atoms with Crippen LogP contribution in [0.15, 0.2) is 11.0 Å². The van der Waals surface area contributed by atoms with E-state index in [-0.39, 0.29) is 5.69 Å². The standard InChI is InChI=1S/C11H15BN2O3/c1-6-7(12)5-13-9(15)8(6)14-10(16)17-11(2,3)4/h5H,1-4H3,(H,13,15)(H,14,16). The first-order chi connectivity index (χ1) is 7.70. The van der Waals surface area contributed by atoms with Gasteiger partial charge in [0.1, 0.15) is 19.1 Å². The molecule has 0 aliphatic rings. The molecular weight excluding hydrogens is 219 g/mol. The lowest BCUT2D eigenvalue weighted by molar-refractivity contribution is 0.0635. The number of carbonyl (C=O) groups is 1. The third-order valence-corrected chi connectivity index (χ3v) is 2.02. The maximum atomic E-state index is 11.5. The van der Waals surface area contributed by atoms with E-state index in [2.05, 4.69) is 10.3 Å². The molecule has 1 aromatic heterocycles. The first-order valence-electron chi connectivity index (χ1n) is 5.18. The minimum absolute atomic E-state index is 0.110. The molecular formula is C11H15BN2O3. The van der Waals surface area contributed by atoms with Gasteiger partial charge in [-0.2, -0.15) is 0 Å². The van der Waals surface area contributed by atoms with E-state index in [4.69, 9.17) is 12.6 Å². The molecule has 1 rings (SSSR count). The molecule has 0 fully saturated rings. The highest BCUT2D eigenvalue weighted by Gasteiger charge is 2.18. The Morgan fingerprint density at radius 2 is 2.06 bits per heavy atom. The molecule has 90 valence electrons. The summed E-state index contributed by atoms with van der Waals surface area (Å²) in [5, 5.41) is 2.39. The highest BCUT2D eigenvalue weighted by molar-refractivity contribution is 6.33. The lowest BCUT2D eigenvalue weighted by Gasteiger charge is -2.20. The quantitative estimate of drug-likeness (QED) is 0.706. The Hall–Kier alpha value is -1.72. The van der Waals surface area contributed by atoms with Gasteiger partial charge in [0.15, 0.2) is 0 Å². The van der Waals surface area contributed by atoms with Gasteiger partial charge >= 0.3 is 6.09 Å². The van der Waals surface area contributed by atoms with Crippen molar-refractivity contribution in [3.05, 3.63) is 22.1 Å². The second-order valence-corrected chi connectivity index (χ2v) is 4.70. The molecule has 2 radical (unpaired) electrons. The summed E-state index contributed by atoms with van der Waals surface area (Å²) in [4.78, 5) is 25.5. The van der Waals surface area contributed by atoms with Crippen LogP contribution >= 0.6 is 0 Å². The minimum Gasteiger partial charge on any atom is -0.444 e. The summed E-state index contributed by atoms with van der Waals surface area (Å²) in [5.74, 6) is 0. The molecule has 1 heterocycles. The molecule has 0 unspecified atom stereocenters. The molecule has 5 nitrogen and oxygen atoms in total. The van der Waals surface area contributed by atoms with Crippen LogP contribution in [-0.2, 0) is 4.74 Å². The van der Waals surface area contributed by atoms with E-state index in [1.807, 2.05) is 0 Å². The fourth-order valence-corrected chi connectivity index (χ4v) is 1.19. The van der Waals surface area contributed by atoms with Crippen LogP contribution in [0.4, 0.5) is 10.5 Å². The van der Waals surface area contributed by atoms with Crippen LogP contribution in [0.25, 0.3) is 0 Å². The average molecular weight is 234 g/mol. The van der Waals surface area contributed by atoms with E-state index in [1.54, 1.807) is 27.7 Å². The lowest BCUT2D eigenvalue weighted by Crippen LogP contribution is -2.31. The maximum absolute atomic E-state index is 11.5. The van der Waals surface area contributed by atoms with E-state index in [0.717, 1.165) is 0 Å². The van der Waals surface area contributed by atoms with Gasteiger partial charge in [-0.1, -0.05) is 5.46 Å². The zero-order valence-electron chi connectivity index (χ0n) is 10.4. The molecule has 0 saturated carbocycles. The average Bonchev–Trinajstić information content (AvgIpc) is 2.16. The van der Waals surface area contributed by atoms with Crippen LogP contribution < -0.4 is 16.3 Å². The van der Waals surface area contributed by atoms with Crippen LogP contribution in [0, 0.1) is 6.92 Å². The Balaban J connectivity index is 2.93. The summed E-state index contributed by atoms with van der Waals surface area (Å²) in [6, 6.07) is 0. The molecule has 0 atom stereocenters.